The summed E-state index contributed by atoms with van der Waals surface area (Å²) < 4.78 is 40.8. The molecule has 0 aliphatic carbocycles. The third-order valence-electron chi connectivity index (χ3n) is 2.50. The Morgan fingerprint density at radius 3 is 2.25 bits per heavy atom. The fraction of sp³-hybridized carbons (Fsp3) is 0.900. The van der Waals surface area contributed by atoms with Crippen LogP contribution in [0, 0.1) is 10.8 Å². The van der Waals surface area contributed by atoms with Crippen LogP contribution in [0.3, 0.4) is 0 Å². The first-order valence-electron chi connectivity index (χ1n) is 5.10. The topological polar surface area (TPSA) is 59.1 Å². The van der Waals surface area contributed by atoms with Crippen molar-refractivity contribution < 1.29 is 17.9 Å². The number of amidine groups is 1. The van der Waals surface area contributed by atoms with Crippen molar-refractivity contribution >= 4 is 5.84 Å². The van der Waals surface area contributed by atoms with Crippen LogP contribution in [0.25, 0.3) is 0 Å². The molecule has 0 saturated heterocycles. The van der Waals surface area contributed by atoms with Gasteiger partial charge in [0.25, 0.3) is 0 Å². The number of nitrogens with two attached hydrogens (primary N) is 1. The van der Waals surface area contributed by atoms with E-state index in [1.54, 1.807) is 13.8 Å². The lowest BCUT2D eigenvalue weighted by Crippen LogP contribution is -2.32. The fourth-order valence-electron chi connectivity index (χ4n) is 1.00. The molecule has 0 aromatic carbocycles. The van der Waals surface area contributed by atoms with Gasteiger partial charge in [0.1, 0.15) is 0 Å². The normalized spacial score (nSPS) is 14.9. The largest absolute Gasteiger partial charge is 0.414 e. The van der Waals surface area contributed by atoms with E-state index in [9.17, 15) is 13.2 Å². The van der Waals surface area contributed by atoms with E-state index in [0.717, 1.165) is 6.92 Å². The summed E-state index contributed by atoms with van der Waals surface area (Å²) in [5.74, 6) is 0.0383. The zero-order chi connectivity index (χ0) is 13.0. The van der Waals surface area contributed by atoms with Gasteiger partial charge in [-0.25, -0.2) is 0 Å². The summed E-state index contributed by atoms with van der Waals surface area (Å²) in [5.41, 5.74) is 4.86. The lowest BCUT2D eigenvalue weighted by atomic mass is 9.87. The van der Waals surface area contributed by atoms with Crippen LogP contribution >= 0.6 is 0 Å². The number of alkyl halides is 3. The van der Waals surface area contributed by atoms with Gasteiger partial charge in [-0.1, -0.05) is 13.8 Å². The summed E-state index contributed by atoms with van der Waals surface area (Å²) in [5, 5.41) is 7.27. The molecule has 0 aromatic heterocycles. The van der Waals surface area contributed by atoms with Crippen molar-refractivity contribution in [2.45, 2.75) is 45.9 Å². The molecule has 0 spiro atoms. The second-order valence-electron chi connectivity index (χ2n) is 4.46. The van der Waals surface area contributed by atoms with E-state index < -0.39 is 17.7 Å². The van der Waals surface area contributed by atoms with E-state index >= 15 is 0 Å². The van der Waals surface area contributed by atoms with Gasteiger partial charge in [-0.05, 0) is 19.8 Å². The van der Waals surface area contributed by atoms with E-state index in [0.29, 0.717) is 12.8 Å². The molecular weight excluding hydrogens is 221 g/mol. The standard InChI is InChI=1S/C10H19F3N2O/c1-7(10(11,12)13)16-6-4-5-9(2,3)8(14)15/h7H,4-6H2,1-3H3,(H3,14,15). The van der Waals surface area contributed by atoms with Crippen LogP contribution in [0.4, 0.5) is 13.2 Å². The van der Waals surface area contributed by atoms with Gasteiger partial charge >= 0.3 is 6.18 Å². The van der Waals surface area contributed by atoms with Gasteiger partial charge in [0, 0.05) is 12.0 Å². The molecule has 96 valence electrons. The quantitative estimate of drug-likeness (QED) is 0.426. The molecule has 0 bridgehead atoms. The SMILES string of the molecule is CC(OCCCC(C)(C)C(=N)N)C(F)(F)F. The van der Waals surface area contributed by atoms with Crippen LogP contribution in [-0.4, -0.2) is 24.7 Å². The van der Waals surface area contributed by atoms with Crippen molar-refractivity contribution in [2.75, 3.05) is 6.61 Å². The molecule has 0 radical (unpaired) electrons. The highest BCUT2D eigenvalue weighted by molar-refractivity contribution is 5.82. The molecule has 0 amide bonds. The minimum atomic E-state index is -4.31. The lowest BCUT2D eigenvalue weighted by Gasteiger charge is -2.23. The molecule has 0 aromatic rings. The average molecular weight is 240 g/mol. The number of hydrogen-bond acceptors (Lipinski definition) is 2. The second kappa shape index (κ2) is 5.52. The van der Waals surface area contributed by atoms with Crippen LogP contribution in [0.15, 0.2) is 0 Å². The van der Waals surface area contributed by atoms with Gasteiger partial charge in [0.15, 0.2) is 6.10 Å². The molecule has 0 saturated carbocycles. The highest BCUT2D eigenvalue weighted by atomic mass is 19.4. The lowest BCUT2D eigenvalue weighted by molar-refractivity contribution is -0.214. The third-order valence-corrected chi connectivity index (χ3v) is 2.50. The zero-order valence-corrected chi connectivity index (χ0v) is 9.82. The Hall–Kier alpha value is -0.780. The molecule has 16 heavy (non-hydrogen) atoms. The average Bonchev–Trinajstić information content (AvgIpc) is 2.10. The Morgan fingerprint density at radius 1 is 1.38 bits per heavy atom. The maximum Gasteiger partial charge on any atom is 0.414 e. The Balaban J connectivity index is 3.82. The van der Waals surface area contributed by atoms with E-state index in [1.165, 1.54) is 0 Å². The van der Waals surface area contributed by atoms with Gasteiger partial charge in [-0.2, -0.15) is 13.2 Å². The third kappa shape index (κ3) is 5.34. The maximum absolute atomic E-state index is 12.1. The van der Waals surface area contributed by atoms with Crippen molar-refractivity contribution in [2.24, 2.45) is 11.1 Å². The van der Waals surface area contributed by atoms with Gasteiger partial charge < -0.3 is 10.5 Å². The van der Waals surface area contributed by atoms with E-state index in [2.05, 4.69) is 4.74 Å². The summed E-state index contributed by atoms with van der Waals surface area (Å²) in [6.45, 7) is 4.57. The van der Waals surface area contributed by atoms with E-state index in [4.69, 9.17) is 11.1 Å². The predicted octanol–water partition coefficient (Wildman–Crippen LogP) is 2.70. The molecule has 1 unspecified atom stereocenters. The summed E-state index contributed by atoms with van der Waals surface area (Å²) >= 11 is 0. The van der Waals surface area contributed by atoms with Gasteiger partial charge in [0.2, 0.25) is 0 Å². The number of nitrogens with one attached hydrogen (secondary N) is 1. The summed E-state index contributed by atoms with van der Waals surface area (Å²) in [4.78, 5) is 0. The first kappa shape index (κ1) is 15.2. The summed E-state index contributed by atoms with van der Waals surface area (Å²) in [6.07, 6.45) is -5.07. The molecule has 1 atom stereocenters. The Bertz CT molecular complexity index is 239. The van der Waals surface area contributed by atoms with Crippen LogP contribution in [0.1, 0.15) is 33.6 Å². The van der Waals surface area contributed by atoms with Gasteiger partial charge in [0.05, 0.1) is 5.84 Å². The molecule has 3 N–H and O–H groups in total. The van der Waals surface area contributed by atoms with E-state index in [-0.39, 0.29) is 12.4 Å². The fourth-order valence-corrected chi connectivity index (χ4v) is 1.00. The number of hydrogen-bond donors (Lipinski definition) is 2. The highest BCUT2D eigenvalue weighted by Crippen LogP contribution is 2.24. The van der Waals surface area contributed by atoms with E-state index in [1.807, 2.05) is 0 Å². The van der Waals surface area contributed by atoms with Crippen molar-refractivity contribution in [1.82, 2.24) is 0 Å². The summed E-state index contributed by atoms with van der Waals surface area (Å²) in [7, 11) is 0. The van der Waals surface area contributed by atoms with Crippen LogP contribution in [0.5, 0.6) is 0 Å². The molecule has 6 heteroatoms. The van der Waals surface area contributed by atoms with Crippen molar-refractivity contribution in [3.8, 4) is 0 Å². The Labute approximate surface area is 93.7 Å². The van der Waals surface area contributed by atoms with Gasteiger partial charge in [-0.15, -0.1) is 0 Å². The maximum atomic E-state index is 12.1. The molecule has 3 nitrogen and oxygen atoms in total. The molecule has 0 fully saturated rings. The first-order chi connectivity index (χ1) is 7.07. The van der Waals surface area contributed by atoms with Crippen molar-refractivity contribution in [3.05, 3.63) is 0 Å². The smallest absolute Gasteiger partial charge is 0.387 e. The molecule has 0 rings (SSSR count). The number of ether oxygens (including phenoxy) is 1. The summed E-state index contributed by atoms with van der Waals surface area (Å²) in [6, 6.07) is 0. The Morgan fingerprint density at radius 2 is 1.88 bits per heavy atom. The second-order valence-corrected chi connectivity index (χ2v) is 4.46. The molecule has 0 aliphatic heterocycles. The molecular formula is C10H19F3N2O. The van der Waals surface area contributed by atoms with Gasteiger partial charge in [-0.3, -0.25) is 5.41 Å². The van der Waals surface area contributed by atoms with Crippen molar-refractivity contribution in [3.63, 3.8) is 0 Å². The Kier molecular flexibility index (Phi) is 5.25. The van der Waals surface area contributed by atoms with Crippen LogP contribution in [-0.2, 0) is 4.74 Å². The minimum Gasteiger partial charge on any atom is -0.387 e. The van der Waals surface area contributed by atoms with Crippen LogP contribution < -0.4 is 5.73 Å². The number of halogens is 3. The molecule has 0 heterocycles. The molecule has 0 aliphatic rings. The first-order valence-corrected chi connectivity index (χ1v) is 5.10. The number of rotatable bonds is 6. The predicted molar refractivity (Wildman–Crippen MR) is 56.4 cm³/mol. The zero-order valence-electron chi connectivity index (χ0n) is 9.82. The van der Waals surface area contributed by atoms with Crippen LogP contribution in [0.2, 0.25) is 0 Å². The van der Waals surface area contributed by atoms with Crippen molar-refractivity contribution in [1.29, 1.82) is 5.41 Å². The monoisotopic (exact) mass is 240 g/mol. The highest BCUT2D eigenvalue weighted by Gasteiger charge is 2.36. The minimum absolute atomic E-state index is 0.0252.